The van der Waals surface area contributed by atoms with Gasteiger partial charge in [0.1, 0.15) is 0 Å². The molecule has 0 saturated carbocycles. The van der Waals surface area contributed by atoms with Crippen LogP contribution in [0.25, 0.3) is 0 Å². The molecule has 0 aromatic heterocycles. The van der Waals surface area contributed by atoms with Crippen LogP contribution in [0.4, 0.5) is 0 Å². The van der Waals surface area contributed by atoms with E-state index in [4.69, 9.17) is 35.7 Å². The van der Waals surface area contributed by atoms with E-state index in [1.165, 1.54) is 27.7 Å². The Morgan fingerprint density at radius 3 is 0.625 bits per heavy atom. The fourth-order valence-corrected chi connectivity index (χ4v) is 0.150. The zero-order valence-corrected chi connectivity index (χ0v) is 19.2. The first-order valence-corrected chi connectivity index (χ1v) is 8.63. The average molecular weight is 465 g/mol. The number of aliphatic hydroxyl groups excluding tert-OH is 3. The summed E-state index contributed by atoms with van der Waals surface area (Å²) in [5.74, 6) is -3.74. The van der Waals surface area contributed by atoms with Crippen LogP contribution in [0.2, 0.25) is 0 Å². The Morgan fingerprint density at radius 1 is 0.531 bits per heavy atom. The van der Waals surface area contributed by atoms with E-state index in [0.29, 0.717) is 0 Å². The standard InChI is InChI=1S/C5H12O3.4C4H6O2/c1-5(2-6,3-7)4-8;4*1-3(2)4(5)6/h6-8H,2-4H2,1H3;4*1H2,2H3,(H,5,6). The van der Waals surface area contributed by atoms with Crippen molar-refractivity contribution in [3.05, 3.63) is 48.6 Å². The van der Waals surface area contributed by atoms with Crippen molar-refractivity contribution in [3.63, 3.8) is 0 Å². The fourth-order valence-electron chi connectivity index (χ4n) is 0.150. The smallest absolute Gasteiger partial charge is 0.330 e. The summed E-state index contributed by atoms with van der Waals surface area (Å²) >= 11 is 0. The van der Waals surface area contributed by atoms with Crippen molar-refractivity contribution < 1.29 is 54.9 Å². The number of aliphatic carboxylic acids is 4. The molecule has 0 rings (SSSR count). The lowest BCUT2D eigenvalue weighted by atomic mass is 9.95. The van der Waals surface area contributed by atoms with Gasteiger partial charge >= 0.3 is 23.9 Å². The molecule has 0 spiro atoms. The molecule has 0 bridgehead atoms. The summed E-state index contributed by atoms with van der Waals surface area (Å²) in [5, 5.41) is 57.0. The number of carboxylic acid groups (broad SMARTS) is 4. The Bertz CT molecular complexity index is 504. The monoisotopic (exact) mass is 464 g/mol. The number of carbonyl (C=O) groups is 4. The number of rotatable bonds is 7. The van der Waals surface area contributed by atoms with Crippen molar-refractivity contribution in [1.82, 2.24) is 0 Å². The highest BCUT2D eigenvalue weighted by molar-refractivity contribution is 5.85. The van der Waals surface area contributed by atoms with Crippen LogP contribution < -0.4 is 0 Å². The molecule has 0 aliphatic heterocycles. The fraction of sp³-hybridized carbons (Fsp3) is 0.429. The van der Waals surface area contributed by atoms with Gasteiger partial charge in [0.25, 0.3) is 0 Å². The zero-order chi connectivity index (χ0) is 27.2. The summed E-state index contributed by atoms with van der Waals surface area (Å²) in [4.78, 5) is 38.4. The van der Waals surface area contributed by atoms with Crippen molar-refractivity contribution in [1.29, 1.82) is 0 Å². The van der Waals surface area contributed by atoms with E-state index in [1.807, 2.05) is 0 Å². The highest BCUT2D eigenvalue weighted by atomic mass is 16.4. The van der Waals surface area contributed by atoms with E-state index < -0.39 is 29.3 Å². The summed E-state index contributed by atoms with van der Waals surface area (Å²) in [6, 6.07) is 0. The predicted octanol–water partition coefficient (Wildman–Crippen LogP) is 1.56. The van der Waals surface area contributed by atoms with Crippen molar-refractivity contribution in [2.24, 2.45) is 5.41 Å². The van der Waals surface area contributed by atoms with Crippen molar-refractivity contribution in [2.45, 2.75) is 34.6 Å². The largest absolute Gasteiger partial charge is 0.478 e. The Labute approximate surface area is 188 Å². The molecule has 186 valence electrons. The van der Waals surface area contributed by atoms with Gasteiger partial charge < -0.3 is 35.7 Å². The summed E-state index contributed by atoms with van der Waals surface area (Å²) < 4.78 is 0. The first kappa shape index (κ1) is 39.2. The Kier molecular flexibility index (Phi) is 27.5. The summed E-state index contributed by atoms with van der Waals surface area (Å²) in [6.07, 6.45) is 0. The SMILES string of the molecule is C=C(C)C(=O)O.C=C(C)C(=O)O.C=C(C)C(=O)O.C=C(C)C(=O)O.CC(CO)(CO)CO. The lowest BCUT2D eigenvalue weighted by molar-refractivity contribution is -0.133. The number of carboxylic acids is 4. The van der Waals surface area contributed by atoms with Crippen molar-refractivity contribution in [3.8, 4) is 0 Å². The topological polar surface area (TPSA) is 210 Å². The molecular formula is C21H36O11. The third-order valence-electron chi connectivity index (χ3n) is 2.61. The molecule has 0 unspecified atom stereocenters. The zero-order valence-electron chi connectivity index (χ0n) is 19.2. The van der Waals surface area contributed by atoms with Gasteiger partial charge in [0.2, 0.25) is 0 Å². The van der Waals surface area contributed by atoms with E-state index >= 15 is 0 Å². The predicted molar refractivity (Wildman–Crippen MR) is 119 cm³/mol. The van der Waals surface area contributed by atoms with Gasteiger partial charge in [0, 0.05) is 27.7 Å². The Morgan fingerprint density at radius 2 is 0.625 bits per heavy atom. The van der Waals surface area contributed by atoms with Gasteiger partial charge in [0.15, 0.2) is 0 Å². The lowest BCUT2D eigenvalue weighted by Gasteiger charge is -2.20. The second kappa shape index (κ2) is 22.4. The second-order valence-electron chi connectivity index (χ2n) is 6.63. The maximum Gasteiger partial charge on any atom is 0.330 e. The summed E-state index contributed by atoms with van der Waals surface area (Å²) in [6.45, 7) is 19.5. The molecule has 11 nitrogen and oxygen atoms in total. The molecule has 0 saturated heterocycles. The van der Waals surface area contributed by atoms with E-state index in [0.717, 1.165) is 0 Å². The first-order chi connectivity index (χ1) is 14.3. The molecule has 0 heterocycles. The van der Waals surface area contributed by atoms with E-state index in [9.17, 15) is 19.2 Å². The van der Waals surface area contributed by atoms with Crippen LogP contribution >= 0.6 is 0 Å². The van der Waals surface area contributed by atoms with Crippen LogP contribution in [0.15, 0.2) is 48.6 Å². The molecule has 7 N–H and O–H groups in total. The third-order valence-corrected chi connectivity index (χ3v) is 2.61. The maximum absolute atomic E-state index is 9.60. The molecule has 0 atom stereocenters. The highest BCUT2D eigenvalue weighted by Crippen LogP contribution is 2.10. The van der Waals surface area contributed by atoms with Gasteiger partial charge in [0.05, 0.1) is 19.8 Å². The Balaban J connectivity index is -0.0000000955. The number of hydrogen-bond donors (Lipinski definition) is 7. The highest BCUT2D eigenvalue weighted by Gasteiger charge is 2.20. The molecule has 0 aromatic rings. The normalized spacial score (nSPS) is 8.62. The summed E-state index contributed by atoms with van der Waals surface area (Å²) in [7, 11) is 0. The lowest BCUT2D eigenvalue weighted by Crippen LogP contribution is -2.29. The van der Waals surface area contributed by atoms with Crippen LogP contribution in [0, 0.1) is 5.41 Å². The first-order valence-electron chi connectivity index (χ1n) is 8.63. The van der Waals surface area contributed by atoms with Gasteiger partial charge in [-0.15, -0.1) is 0 Å². The minimum absolute atomic E-state index is 0.176. The maximum atomic E-state index is 9.60. The van der Waals surface area contributed by atoms with Gasteiger partial charge in [-0.1, -0.05) is 33.2 Å². The molecule has 0 aliphatic rings. The van der Waals surface area contributed by atoms with E-state index in [-0.39, 0.29) is 42.1 Å². The molecule has 0 amide bonds. The average Bonchev–Trinajstić information content (AvgIpc) is 2.68. The minimum Gasteiger partial charge on any atom is -0.478 e. The van der Waals surface area contributed by atoms with Crippen LogP contribution in [-0.2, 0) is 19.2 Å². The van der Waals surface area contributed by atoms with Crippen LogP contribution in [0.1, 0.15) is 34.6 Å². The minimum atomic E-state index is -0.935. The van der Waals surface area contributed by atoms with Crippen LogP contribution in [0.3, 0.4) is 0 Å². The van der Waals surface area contributed by atoms with Crippen molar-refractivity contribution >= 4 is 23.9 Å². The van der Waals surface area contributed by atoms with E-state index in [2.05, 4.69) is 26.3 Å². The van der Waals surface area contributed by atoms with E-state index in [1.54, 1.807) is 6.92 Å². The van der Waals surface area contributed by atoms with Crippen molar-refractivity contribution in [2.75, 3.05) is 19.8 Å². The quantitative estimate of drug-likeness (QED) is 0.269. The van der Waals surface area contributed by atoms with Gasteiger partial charge in [-0.25, -0.2) is 19.2 Å². The van der Waals surface area contributed by atoms with Gasteiger partial charge in [-0.05, 0) is 27.7 Å². The Hall–Kier alpha value is -3.28. The third kappa shape index (κ3) is 37.5. The van der Waals surface area contributed by atoms with Gasteiger partial charge in [-0.3, -0.25) is 0 Å². The molecular weight excluding hydrogens is 428 g/mol. The molecule has 0 aromatic carbocycles. The summed E-state index contributed by atoms with van der Waals surface area (Å²) in [5.41, 5.74) is -0.00463. The molecule has 32 heavy (non-hydrogen) atoms. The number of hydrogen-bond acceptors (Lipinski definition) is 7. The van der Waals surface area contributed by atoms with Crippen LogP contribution in [0.5, 0.6) is 0 Å². The van der Waals surface area contributed by atoms with Crippen LogP contribution in [-0.4, -0.2) is 79.4 Å². The molecule has 0 aliphatic carbocycles. The molecule has 11 heteroatoms. The molecule has 0 radical (unpaired) electrons. The molecule has 0 fully saturated rings. The number of aliphatic hydroxyl groups is 3. The second-order valence-corrected chi connectivity index (χ2v) is 6.63. The van der Waals surface area contributed by atoms with Gasteiger partial charge in [-0.2, -0.15) is 0 Å².